The summed E-state index contributed by atoms with van der Waals surface area (Å²) in [4.78, 5) is 12.3. The van der Waals surface area contributed by atoms with E-state index < -0.39 is 0 Å². The molecule has 0 aliphatic carbocycles. The van der Waals surface area contributed by atoms with Gasteiger partial charge < -0.3 is 15.4 Å². The summed E-state index contributed by atoms with van der Waals surface area (Å²) in [5.74, 6) is 0.640. The predicted octanol–water partition coefficient (Wildman–Crippen LogP) is 3.66. The van der Waals surface area contributed by atoms with E-state index in [-0.39, 0.29) is 12.0 Å². The Kier molecular flexibility index (Phi) is 6.12. The van der Waals surface area contributed by atoms with Gasteiger partial charge in [0.1, 0.15) is 5.82 Å². The zero-order valence-corrected chi connectivity index (χ0v) is 16.2. The molecule has 148 valence electrons. The van der Waals surface area contributed by atoms with Crippen LogP contribution in [0, 0.1) is 0 Å². The lowest BCUT2D eigenvalue weighted by atomic mass is 10.1. The largest absolute Gasteiger partial charge is 0.376 e. The van der Waals surface area contributed by atoms with Crippen LogP contribution < -0.4 is 10.6 Å². The number of hydrogen-bond acceptors (Lipinski definition) is 5. The Morgan fingerprint density at radius 3 is 2.52 bits per heavy atom. The van der Waals surface area contributed by atoms with E-state index >= 15 is 0 Å². The van der Waals surface area contributed by atoms with E-state index in [1.807, 2.05) is 54.6 Å². The Morgan fingerprint density at radius 2 is 1.83 bits per heavy atom. The van der Waals surface area contributed by atoms with E-state index in [0.29, 0.717) is 18.7 Å². The molecule has 6 nitrogen and oxygen atoms in total. The number of hydrogen-bond donors (Lipinski definition) is 2. The Morgan fingerprint density at radius 1 is 1.00 bits per heavy atom. The maximum atomic E-state index is 12.3. The fourth-order valence-electron chi connectivity index (χ4n) is 3.28. The van der Waals surface area contributed by atoms with E-state index in [4.69, 9.17) is 4.74 Å². The van der Waals surface area contributed by atoms with Crippen LogP contribution in [0.4, 0.5) is 5.82 Å². The van der Waals surface area contributed by atoms with Gasteiger partial charge >= 0.3 is 0 Å². The quantitative estimate of drug-likeness (QED) is 0.646. The van der Waals surface area contributed by atoms with E-state index in [1.165, 1.54) is 5.56 Å². The fraction of sp³-hybridized carbons (Fsp3) is 0.261. The van der Waals surface area contributed by atoms with Crippen molar-refractivity contribution >= 4 is 11.7 Å². The highest BCUT2D eigenvalue weighted by Crippen LogP contribution is 2.18. The second kappa shape index (κ2) is 9.30. The third-order valence-corrected chi connectivity index (χ3v) is 4.94. The third kappa shape index (κ3) is 5.18. The van der Waals surface area contributed by atoms with E-state index in [1.54, 1.807) is 0 Å². The summed E-state index contributed by atoms with van der Waals surface area (Å²) in [5, 5.41) is 14.7. The molecule has 2 N–H and O–H groups in total. The number of benzene rings is 2. The zero-order valence-electron chi connectivity index (χ0n) is 16.2. The van der Waals surface area contributed by atoms with Crippen molar-refractivity contribution in [3.63, 3.8) is 0 Å². The van der Waals surface area contributed by atoms with Crippen LogP contribution in [-0.4, -0.2) is 35.4 Å². The second-order valence-corrected chi connectivity index (χ2v) is 7.07. The summed E-state index contributed by atoms with van der Waals surface area (Å²) in [6, 6.07) is 21.4. The van der Waals surface area contributed by atoms with Crippen LogP contribution in [0.2, 0.25) is 0 Å². The van der Waals surface area contributed by atoms with Crippen LogP contribution in [0.1, 0.15) is 28.8 Å². The molecule has 0 radical (unpaired) electrons. The van der Waals surface area contributed by atoms with Crippen molar-refractivity contribution < 1.29 is 9.53 Å². The van der Waals surface area contributed by atoms with Gasteiger partial charge in [-0.05, 0) is 42.7 Å². The van der Waals surface area contributed by atoms with Crippen LogP contribution in [0.25, 0.3) is 11.3 Å². The van der Waals surface area contributed by atoms with Gasteiger partial charge in [0, 0.05) is 30.8 Å². The molecule has 1 fully saturated rings. The molecule has 4 rings (SSSR count). The molecular formula is C23H24N4O2. The van der Waals surface area contributed by atoms with Gasteiger partial charge in [0.05, 0.1) is 11.8 Å². The Labute approximate surface area is 170 Å². The van der Waals surface area contributed by atoms with Crippen molar-refractivity contribution in [2.45, 2.75) is 25.5 Å². The zero-order chi connectivity index (χ0) is 19.9. The highest BCUT2D eigenvalue weighted by atomic mass is 16.5. The topological polar surface area (TPSA) is 76.1 Å². The molecule has 0 spiro atoms. The molecule has 1 unspecified atom stereocenters. The normalized spacial score (nSPS) is 15.8. The average molecular weight is 388 g/mol. The number of carbonyl (C=O) groups excluding carboxylic acids is 1. The summed E-state index contributed by atoms with van der Waals surface area (Å²) in [7, 11) is 0. The second-order valence-electron chi connectivity index (χ2n) is 7.07. The van der Waals surface area contributed by atoms with Crippen molar-refractivity contribution in [2.24, 2.45) is 0 Å². The predicted molar refractivity (Wildman–Crippen MR) is 113 cm³/mol. The number of aromatic nitrogens is 2. The lowest BCUT2D eigenvalue weighted by Gasteiger charge is -2.11. The Bertz CT molecular complexity index is 921. The molecule has 1 amide bonds. The molecule has 1 atom stereocenters. The van der Waals surface area contributed by atoms with Gasteiger partial charge in [-0.1, -0.05) is 42.5 Å². The standard InChI is InChI=1S/C23H24N4O2/c28-23(25-16-20-7-4-14-29-20)19-10-8-18(9-11-19)21-12-13-22(27-26-21)24-15-17-5-2-1-3-6-17/h1-3,5-6,8-13,20H,4,7,14-16H2,(H,24,27)(H,25,28). The molecule has 2 aromatic carbocycles. The summed E-state index contributed by atoms with van der Waals surface area (Å²) in [6.07, 6.45) is 2.22. The van der Waals surface area contributed by atoms with Crippen LogP contribution >= 0.6 is 0 Å². The number of nitrogens with one attached hydrogen (secondary N) is 2. The fourth-order valence-corrected chi connectivity index (χ4v) is 3.28. The minimum Gasteiger partial charge on any atom is -0.376 e. The lowest BCUT2D eigenvalue weighted by molar-refractivity contribution is 0.0858. The molecule has 29 heavy (non-hydrogen) atoms. The minimum atomic E-state index is -0.0846. The van der Waals surface area contributed by atoms with Gasteiger partial charge in [0.15, 0.2) is 0 Å². The highest BCUT2D eigenvalue weighted by molar-refractivity contribution is 5.94. The molecule has 1 aliphatic heterocycles. The molecule has 1 aromatic heterocycles. The number of amides is 1. The SMILES string of the molecule is O=C(NCC1CCCO1)c1ccc(-c2ccc(NCc3ccccc3)nn2)cc1. The van der Waals surface area contributed by atoms with Crippen molar-refractivity contribution in [1.82, 2.24) is 15.5 Å². The summed E-state index contributed by atoms with van der Waals surface area (Å²) >= 11 is 0. The first-order valence-electron chi connectivity index (χ1n) is 9.90. The van der Waals surface area contributed by atoms with Crippen molar-refractivity contribution in [2.75, 3.05) is 18.5 Å². The maximum Gasteiger partial charge on any atom is 0.251 e. The van der Waals surface area contributed by atoms with Crippen LogP contribution in [0.3, 0.4) is 0 Å². The first-order valence-corrected chi connectivity index (χ1v) is 9.90. The molecule has 1 saturated heterocycles. The van der Waals surface area contributed by atoms with Gasteiger partial charge in [-0.3, -0.25) is 4.79 Å². The van der Waals surface area contributed by atoms with E-state index in [2.05, 4.69) is 33.0 Å². The third-order valence-electron chi connectivity index (χ3n) is 4.94. The van der Waals surface area contributed by atoms with Gasteiger partial charge in [-0.25, -0.2) is 0 Å². The number of anilines is 1. The Balaban J connectivity index is 1.32. The highest BCUT2D eigenvalue weighted by Gasteiger charge is 2.16. The number of nitrogens with zero attached hydrogens (tertiary/aromatic N) is 2. The molecule has 0 saturated carbocycles. The first kappa shape index (κ1) is 19.1. The van der Waals surface area contributed by atoms with Crippen LogP contribution in [0.5, 0.6) is 0 Å². The van der Waals surface area contributed by atoms with Gasteiger partial charge in [0.25, 0.3) is 5.91 Å². The maximum absolute atomic E-state index is 12.3. The van der Waals surface area contributed by atoms with Crippen molar-refractivity contribution in [3.05, 3.63) is 77.9 Å². The number of carbonyl (C=O) groups is 1. The molecule has 1 aliphatic rings. The molecule has 0 bridgehead atoms. The van der Waals surface area contributed by atoms with E-state index in [9.17, 15) is 4.79 Å². The monoisotopic (exact) mass is 388 g/mol. The lowest BCUT2D eigenvalue weighted by Crippen LogP contribution is -2.31. The Hall–Kier alpha value is -3.25. The van der Waals surface area contributed by atoms with Gasteiger partial charge in [-0.15, -0.1) is 10.2 Å². The molecular weight excluding hydrogens is 364 g/mol. The van der Waals surface area contributed by atoms with E-state index in [0.717, 1.165) is 36.5 Å². The molecule has 3 aromatic rings. The van der Waals surface area contributed by atoms with Crippen LogP contribution in [0.15, 0.2) is 66.7 Å². The van der Waals surface area contributed by atoms with Crippen molar-refractivity contribution in [3.8, 4) is 11.3 Å². The summed E-state index contributed by atoms with van der Waals surface area (Å²) in [5.41, 5.74) is 3.50. The van der Waals surface area contributed by atoms with Gasteiger partial charge in [0.2, 0.25) is 0 Å². The summed E-state index contributed by atoms with van der Waals surface area (Å²) < 4.78 is 5.53. The molecule has 6 heteroatoms. The minimum absolute atomic E-state index is 0.0846. The summed E-state index contributed by atoms with van der Waals surface area (Å²) in [6.45, 7) is 2.05. The van der Waals surface area contributed by atoms with Gasteiger partial charge in [-0.2, -0.15) is 0 Å². The van der Waals surface area contributed by atoms with Crippen molar-refractivity contribution in [1.29, 1.82) is 0 Å². The van der Waals surface area contributed by atoms with Crippen LogP contribution in [-0.2, 0) is 11.3 Å². The smallest absolute Gasteiger partial charge is 0.251 e. The average Bonchev–Trinajstić information content (AvgIpc) is 3.31. The first-order chi connectivity index (χ1) is 14.3. The molecule has 2 heterocycles. The number of ether oxygens (including phenoxy) is 1. The number of rotatable bonds is 7.